The van der Waals surface area contributed by atoms with Gasteiger partial charge >= 0.3 is 5.97 Å². The highest BCUT2D eigenvalue weighted by atomic mass is 32.1. The van der Waals surface area contributed by atoms with Gasteiger partial charge in [-0.1, -0.05) is 6.07 Å². The molecule has 2 heterocycles. The van der Waals surface area contributed by atoms with E-state index in [1.54, 1.807) is 12.1 Å². The fraction of sp³-hybridized carbons (Fsp3) is 0.231. The summed E-state index contributed by atoms with van der Waals surface area (Å²) in [5.41, 5.74) is 0. The van der Waals surface area contributed by atoms with Gasteiger partial charge in [0.15, 0.2) is 0 Å². The molecule has 0 radical (unpaired) electrons. The summed E-state index contributed by atoms with van der Waals surface area (Å²) in [6.45, 7) is 0.668. The van der Waals surface area contributed by atoms with Gasteiger partial charge < -0.3 is 14.4 Å². The summed E-state index contributed by atoms with van der Waals surface area (Å²) >= 11 is 1.53. The molecule has 0 atom stereocenters. The number of rotatable bonds is 6. The molecule has 100 valence electrons. The Bertz CT molecular complexity index is 497. The van der Waals surface area contributed by atoms with Gasteiger partial charge in [-0.05, 0) is 23.6 Å². The van der Waals surface area contributed by atoms with Gasteiger partial charge in [-0.2, -0.15) is 0 Å². The maximum Gasteiger partial charge on any atom is 0.312 e. The highest BCUT2D eigenvalue weighted by Crippen LogP contribution is 2.15. The zero-order valence-corrected chi connectivity index (χ0v) is 10.9. The highest BCUT2D eigenvalue weighted by molar-refractivity contribution is 7.09. The van der Waals surface area contributed by atoms with Crippen molar-refractivity contribution in [1.29, 1.82) is 0 Å². The molecule has 0 aromatic carbocycles. The second kappa shape index (κ2) is 6.19. The fourth-order valence-electron chi connectivity index (χ4n) is 1.65. The lowest BCUT2D eigenvalue weighted by molar-refractivity contribution is -0.144. The van der Waals surface area contributed by atoms with E-state index in [4.69, 9.17) is 9.52 Å². The number of aliphatic carboxylic acids is 1. The lowest BCUT2D eigenvalue weighted by Crippen LogP contribution is -2.31. The third-order valence-corrected chi connectivity index (χ3v) is 3.37. The molecular formula is C13H13NO4S. The molecule has 0 saturated heterocycles. The average molecular weight is 279 g/mol. The third-order valence-electron chi connectivity index (χ3n) is 2.51. The quantitative estimate of drug-likeness (QED) is 0.824. The van der Waals surface area contributed by atoms with Crippen LogP contribution in [-0.2, 0) is 22.7 Å². The van der Waals surface area contributed by atoms with Crippen LogP contribution in [-0.4, -0.2) is 21.9 Å². The van der Waals surface area contributed by atoms with E-state index in [0.29, 0.717) is 12.3 Å². The summed E-state index contributed by atoms with van der Waals surface area (Å²) in [6.07, 6.45) is 1.02. The van der Waals surface area contributed by atoms with Crippen LogP contribution in [0.15, 0.2) is 40.3 Å². The van der Waals surface area contributed by atoms with Crippen molar-refractivity contribution in [2.45, 2.75) is 19.5 Å². The monoisotopic (exact) mass is 279 g/mol. The van der Waals surface area contributed by atoms with Crippen LogP contribution in [0.2, 0.25) is 0 Å². The summed E-state index contributed by atoms with van der Waals surface area (Å²) in [7, 11) is 0. The molecule has 0 aliphatic rings. The third kappa shape index (κ3) is 3.96. The number of hydrogen-bond acceptors (Lipinski definition) is 4. The van der Waals surface area contributed by atoms with Gasteiger partial charge in [0.1, 0.15) is 12.2 Å². The normalized spacial score (nSPS) is 10.3. The van der Waals surface area contributed by atoms with E-state index >= 15 is 0 Å². The number of nitrogens with zero attached hydrogens (tertiary/aromatic N) is 1. The number of carbonyl (C=O) groups excluding carboxylic acids is 1. The molecule has 0 aliphatic heterocycles. The average Bonchev–Trinajstić information content (AvgIpc) is 2.99. The predicted octanol–water partition coefficient (Wildman–Crippen LogP) is 2.34. The van der Waals surface area contributed by atoms with Crippen molar-refractivity contribution in [1.82, 2.24) is 4.90 Å². The van der Waals surface area contributed by atoms with E-state index in [1.807, 2.05) is 17.5 Å². The molecule has 2 rings (SSSR count). The Morgan fingerprint density at radius 1 is 1.26 bits per heavy atom. The number of thiophene rings is 1. The van der Waals surface area contributed by atoms with Crippen LogP contribution in [0, 0.1) is 0 Å². The summed E-state index contributed by atoms with van der Waals surface area (Å²) in [4.78, 5) is 25.1. The molecule has 1 N–H and O–H groups in total. The highest BCUT2D eigenvalue weighted by Gasteiger charge is 2.18. The minimum Gasteiger partial charge on any atom is -0.481 e. The lowest BCUT2D eigenvalue weighted by Gasteiger charge is -2.20. The Hall–Kier alpha value is -2.08. The first-order valence-electron chi connectivity index (χ1n) is 5.69. The first-order valence-corrected chi connectivity index (χ1v) is 6.57. The first-order chi connectivity index (χ1) is 9.15. The van der Waals surface area contributed by atoms with Gasteiger partial charge in [0.25, 0.3) is 0 Å². The zero-order valence-electron chi connectivity index (χ0n) is 10.1. The van der Waals surface area contributed by atoms with Crippen molar-refractivity contribution in [3.63, 3.8) is 0 Å². The number of carboxylic acid groups (broad SMARTS) is 1. The summed E-state index contributed by atoms with van der Waals surface area (Å²) < 4.78 is 5.20. The molecule has 6 heteroatoms. The molecule has 0 spiro atoms. The van der Waals surface area contributed by atoms with E-state index < -0.39 is 18.3 Å². The van der Waals surface area contributed by atoms with Crippen LogP contribution >= 0.6 is 11.3 Å². The molecular weight excluding hydrogens is 266 g/mol. The second-order valence-corrected chi connectivity index (χ2v) is 5.01. The molecule has 0 saturated carbocycles. The molecule has 0 unspecified atom stereocenters. The Morgan fingerprint density at radius 3 is 2.68 bits per heavy atom. The van der Waals surface area contributed by atoms with Crippen LogP contribution < -0.4 is 0 Å². The van der Waals surface area contributed by atoms with Crippen LogP contribution in [0.25, 0.3) is 0 Å². The molecule has 2 aromatic heterocycles. The summed E-state index contributed by atoms with van der Waals surface area (Å²) in [6, 6.07) is 7.30. The van der Waals surface area contributed by atoms with E-state index in [2.05, 4.69) is 0 Å². The standard InChI is InChI=1S/C13H13NO4S/c15-12(7-13(16)17)14(8-10-3-1-5-18-10)9-11-4-2-6-19-11/h1-6H,7-9H2,(H,16,17). The lowest BCUT2D eigenvalue weighted by atomic mass is 10.3. The van der Waals surface area contributed by atoms with Crippen molar-refractivity contribution >= 4 is 23.2 Å². The number of furan rings is 1. The number of carboxylic acids is 1. The number of amides is 1. The van der Waals surface area contributed by atoms with Gasteiger partial charge in [0.05, 0.1) is 19.4 Å². The molecule has 19 heavy (non-hydrogen) atoms. The first kappa shape index (κ1) is 13.4. The van der Waals surface area contributed by atoms with Crippen molar-refractivity contribution < 1.29 is 19.1 Å². The molecule has 0 bridgehead atoms. The molecule has 0 aliphatic carbocycles. The maximum atomic E-state index is 11.9. The van der Waals surface area contributed by atoms with Gasteiger partial charge in [-0.15, -0.1) is 11.3 Å². The van der Waals surface area contributed by atoms with E-state index in [9.17, 15) is 9.59 Å². The topological polar surface area (TPSA) is 70.8 Å². The van der Waals surface area contributed by atoms with Crippen LogP contribution in [0.3, 0.4) is 0 Å². The van der Waals surface area contributed by atoms with Crippen molar-refractivity contribution in [2.75, 3.05) is 0 Å². The molecule has 2 aromatic rings. The van der Waals surface area contributed by atoms with E-state index in [-0.39, 0.29) is 6.54 Å². The van der Waals surface area contributed by atoms with Gasteiger partial charge in [-0.3, -0.25) is 9.59 Å². The van der Waals surface area contributed by atoms with Crippen LogP contribution in [0.4, 0.5) is 0 Å². The Balaban J connectivity index is 2.08. The molecule has 1 amide bonds. The van der Waals surface area contributed by atoms with E-state index in [1.165, 1.54) is 22.5 Å². The number of hydrogen-bond donors (Lipinski definition) is 1. The molecule has 0 fully saturated rings. The fourth-order valence-corrected chi connectivity index (χ4v) is 2.37. The zero-order chi connectivity index (χ0) is 13.7. The predicted molar refractivity (Wildman–Crippen MR) is 69.5 cm³/mol. The Labute approximate surface area is 114 Å². The van der Waals surface area contributed by atoms with Gasteiger partial charge in [0, 0.05) is 4.88 Å². The van der Waals surface area contributed by atoms with Gasteiger partial charge in [-0.25, -0.2) is 0 Å². The summed E-state index contributed by atoms with van der Waals surface area (Å²) in [5, 5.41) is 10.6. The van der Waals surface area contributed by atoms with Crippen molar-refractivity contribution in [3.8, 4) is 0 Å². The Morgan fingerprint density at radius 2 is 2.11 bits per heavy atom. The minimum atomic E-state index is -1.12. The maximum absolute atomic E-state index is 11.9. The van der Waals surface area contributed by atoms with Gasteiger partial charge in [0.2, 0.25) is 5.91 Å². The SMILES string of the molecule is O=C(O)CC(=O)N(Cc1ccco1)Cc1cccs1. The second-order valence-electron chi connectivity index (χ2n) is 3.98. The van der Waals surface area contributed by atoms with Crippen LogP contribution in [0.5, 0.6) is 0 Å². The van der Waals surface area contributed by atoms with E-state index in [0.717, 1.165) is 4.88 Å². The summed E-state index contributed by atoms with van der Waals surface area (Å²) in [5.74, 6) is -0.909. The van der Waals surface area contributed by atoms with Crippen molar-refractivity contribution in [2.24, 2.45) is 0 Å². The Kier molecular flexibility index (Phi) is 4.35. The largest absolute Gasteiger partial charge is 0.481 e. The minimum absolute atomic E-state index is 0.275. The van der Waals surface area contributed by atoms with Crippen LogP contribution in [0.1, 0.15) is 17.1 Å². The molecule has 5 nitrogen and oxygen atoms in total. The smallest absolute Gasteiger partial charge is 0.312 e. The number of carbonyl (C=O) groups is 2. The van der Waals surface area contributed by atoms with Crippen molar-refractivity contribution in [3.05, 3.63) is 46.5 Å².